The summed E-state index contributed by atoms with van der Waals surface area (Å²) in [6.07, 6.45) is 0.963. The molecule has 0 heterocycles. The van der Waals surface area contributed by atoms with Gasteiger partial charge in [0.2, 0.25) is 0 Å². The molecule has 0 saturated carbocycles. The van der Waals surface area contributed by atoms with Crippen LogP contribution in [0.1, 0.15) is 29.8 Å². The van der Waals surface area contributed by atoms with Gasteiger partial charge in [0.05, 0.1) is 5.56 Å². The normalized spacial score (nSPS) is 10.5. The minimum atomic E-state index is -0.501. The SMILES string of the molecule is CC(C)Cc1ccc(C(=O)OCC(=O)Nc2ccc(N(C)C)cc2)cc1. The van der Waals surface area contributed by atoms with Crippen LogP contribution in [0.3, 0.4) is 0 Å². The number of carbonyl (C=O) groups excluding carboxylic acids is 2. The third-order valence-electron chi connectivity index (χ3n) is 3.84. The van der Waals surface area contributed by atoms with Crippen molar-refractivity contribution in [3.8, 4) is 0 Å². The Hall–Kier alpha value is -2.82. The first kappa shape index (κ1) is 19.5. The van der Waals surface area contributed by atoms with E-state index in [1.54, 1.807) is 12.1 Å². The Kier molecular flexibility index (Phi) is 6.78. The van der Waals surface area contributed by atoms with Gasteiger partial charge in [-0.15, -0.1) is 0 Å². The average Bonchev–Trinajstić information content (AvgIpc) is 2.60. The minimum Gasteiger partial charge on any atom is -0.452 e. The van der Waals surface area contributed by atoms with Gasteiger partial charge in [0.15, 0.2) is 6.61 Å². The summed E-state index contributed by atoms with van der Waals surface area (Å²) < 4.78 is 5.09. The number of carbonyl (C=O) groups is 2. The number of rotatable bonds is 7. The second-order valence-corrected chi connectivity index (χ2v) is 6.86. The number of amides is 1. The van der Waals surface area contributed by atoms with Crippen molar-refractivity contribution in [3.63, 3.8) is 0 Å². The Balaban J connectivity index is 1.83. The third-order valence-corrected chi connectivity index (χ3v) is 3.84. The molecule has 2 aromatic carbocycles. The van der Waals surface area contributed by atoms with Crippen LogP contribution >= 0.6 is 0 Å². The lowest BCUT2D eigenvalue weighted by molar-refractivity contribution is -0.119. The molecule has 0 fully saturated rings. The number of nitrogens with zero attached hydrogens (tertiary/aromatic N) is 1. The summed E-state index contributed by atoms with van der Waals surface area (Å²) in [7, 11) is 3.89. The molecule has 5 heteroatoms. The van der Waals surface area contributed by atoms with Gasteiger partial charge < -0.3 is 15.0 Å². The standard InChI is InChI=1S/C21H26N2O3/c1-15(2)13-16-5-7-17(8-6-16)21(25)26-14-20(24)22-18-9-11-19(12-10-18)23(3)4/h5-12,15H,13-14H2,1-4H3,(H,22,24). The lowest BCUT2D eigenvalue weighted by Gasteiger charge is -2.13. The van der Waals surface area contributed by atoms with Crippen molar-refractivity contribution in [2.45, 2.75) is 20.3 Å². The molecule has 2 rings (SSSR count). The first-order valence-electron chi connectivity index (χ1n) is 8.68. The van der Waals surface area contributed by atoms with Crippen molar-refractivity contribution in [2.24, 2.45) is 5.92 Å². The van der Waals surface area contributed by atoms with Crippen molar-refractivity contribution in [1.29, 1.82) is 0 Å². The molecule has 2 aromatic rings. The number of esters is 1. The van der Waals surface area contributed by atoms with Gasteiger partial charge in [-0.05, 0) is 54.3 Å². The van der Waals surface area contributed by atoms with Crippen LogP contribution < -0.4 is 10.2 Å². The van der Waals surface area contributed by atoms with Gasteiger partial charge >= 0.3 is 5.97 Å². The average molecular weight is 354 g/mol. The molecule has 0 aliphatic carbocycles. The van der Waals surface area contributed by atoms with Crippen LogP contribution in [0, 0.1) is 5.92 Å². The molecule has 1 N–H and O–H groups in total. The zero-order chi connectivity index (χ0) is 19.1. The van der Waals surface area contributed by atoms with E-state index in [4.69, 9.17) is 4.74 Å². The predicted octanol–water partition coefficient (Wildman–Crippen LogP) is 3.75. The Morgan fingerprint density at radius 3 is 2.15 bits per heavy atom. The highest BCUT2D eigenvalue weighted by molar-refractivity contribution is 5.95. The lowest BCUT2D eigenvalue weighted by atomic mass is 10.0. The van der Waals surface area contributed by atoms with Gasteiger partial charge in [-0.3, -0.25) is 4.79 Å². The maximum Gasteiger partial charge on any atom is 0.338 e. The number of benzene rings is 2. The number of hydrogen-bond acceptors (Lipinski definition) is 4. The molecular formula is C21H26N2O3. The Morgan fingerprint density at radius 2 is 1.62 bits per heavy atom. The molecule has 0 aliphatic rings. The van der Waals surface area contributed by atoms with Crippen molar-refractivity contribution < 1.29 is 14.3 Å². The molecule has 0 bridgehead atoms. The molecule has 1 amide bonds. The minimum absolute atomic E-state index is 0.317. The van der Waals surface area contributed by atoms with Gasteiger partial charge in [0.1, 0.15) is 0 Å². The summed E-state index contributed by atoms with van der Waals surface area (Å²) >= 11 is 0. The number of ether oxygens (including phenoxy) is 1. The van der Waals surface area contributed by atoms with Crippen molar-refractivity contribution in [2.75, 3.05) is 30.9 Å². The molecular weight excluding hydrogens is 328 g/mol. The smallest absolute Gasteiger partial charge is 0.338 e. The fraction of sp³-hybridized carbons (Fsp3) is 0.333. The molecule has 138 valence electrons. The second kappa shape index (κ2) is 9.04. The van der Waals surface area contributed by atoms with Crippen molar-refractivity contribution >= 4 is 23.3 Å². The van der Waals surface area contributed by atoms with Crippen molar-refractivity contribution in [1.82, 2.24) is 0 Å². The van der Waals surface area contributed by atoms with Gasteiger partial charge in [-0.25, -0.2) is 4.79 Å². The zero-order valence-corrected chi connectivity index (χ0v) is 15.8. The third kappa shape index (κ3) is 5.92. The van der Waals surface area contributed by atoms with E-state index >= 15 is 0 Å². The van der Waals surface area contributed by atoms with Gasteiger partial charge in [-0.1, -0.05) is 26.0 Å². The van der Waals surface area contributed by atoms with E-state index in [0.29, 0.717) is 17.2 Å². The second-order valence-electron chi connectivity index (χ2n) is 6.86. The molecule has 0 aromatic heterocycles. The van der Waals surface area contributed by atoms with Crippen LogP contribution in [0.5, 0.6) is 0 Å². The molecule has 0 aliphatic heterocycles. The Bertz CT molecular complexity index is 735. The molecule has 0 atom stereocenters. The monoisotopic (exact) mass is 354 g/mol. The molecule has 5 nitrogen and oxygen atoms in total. The predicted molar refractivity (Wildman–Crippen MR) is 105 cm³/mol. The van der Waals surface area contributed by atoms with E-state index in [1.807, 2.05) is 55.4 Å². The van der Waals surface area contributed by atoms with Crippen LogP contribution in [0.4, 0.5) is 11.4 Å². The number of anilines is 2. The highest BCUT2D eigenvalue weighted by Crippen LogP contribution is 2.15. The zero-order valence-electron chi connectivity index (χ0n) is 15.8. The van der Waals surface area contributed by atoms with Crippen LogP contribution in [-0.4, -0.2) is 32.6 Å². The Morgan fingerprint density at radius 1 is 1.00 bits per heavy atom. The summed E-state index contributed by atoms with van der Waals surface area (Å²) in [5.41, 5.74) is 3.32. The van der Waals surface area contributed by atoms with E-state index in [1.165, 1.54) is 5.56 Å². The summed E-state index contributed by atoms with van der Waals surface area (Å²) in [6.45, 7) is 3.98. The summed E-state index contributed by atoms with van der Waals surface area (Å²) in [5.74, 6) is -0.310. The number of nitrogens with one attached hydrogen (secondary N) is 1. The van der Waals surface area contributed by atoms with Crippen LogP contribution in [0.2, 0.25) is 0 Å². The number of hydrogen-bond donors (Lipinski definition) is 1. The van der Waals surface area contributed by atoms with Gasteiger partial charge in [-0.2, -0.15) is 0 Å². The van der Waals surface area contributed by atoms with E-state index in [9.17, 15) is 9.59 Å². The molecule has 0 unspecified atom stereocenters. The molecule has 26 heavy (non-hydrogen) atoms. The highest BCUT2D eigenvalue weighted by Gasteiger charge is 2.11. The van der Waals surface area contributed by atoms with E-state index < -0.39 is 5.97 Å². The summed E-state index contributed by atoms with van der Waals surface area (Å²) in [6, 6.07) is 14.7. The first-order valence-corrected chi connectivity index (χ1v) is 8.68. The van der Waals surface area contributed by atoms with E-state index in [-0.39, 0.29) is 12.5 Å². The van der Waals surface area contributed by atoms with Crippen LogP contribution in [-0.2, 0) is 16.0 Å². The van der Waals surface area contributed by atoms with Crippen molar-refractivity contribution in [3.05, 3.63) is 59.7 Å². The van der Waals surface area contributed by atoms with Crippen LogP contribution in [0.25, 0.3) is 0 Å². The molecule has 0 radical (unpaired) electrons. The van der Waals surface area contributed by atoms with E-state index in [0.717, 1.165) is 12.1 Å². The maximum atomic E-state index is 12.0. The quantitative estimate of drug-likeness (QED) is 0.770. The highest BCUT2D eigenvalue weighted by atomic mass is 16.5. The molecule has 0 saturated heterocycles. The Labute approximate surface area is 155 Å². The first-order chi connectivity index (χ1) is 12.3. The summed E-state index contributed by atoms with van der Waals surface area (Å²) in [5, 5.41) is 2.71. The summed E-state index contributed by atoms with van der Waals surface area (Å²) in [4.78, 5) is 26.0. The molecule has 0 spiro atoms. The topological polar surface area (TPSA) is 58.6 Å². The van der Waals surface area contributed by atoms with E-state index in [2.05, 4.69) is 19.2 Å². The van der Waals surface area contributed by atoms with Gasteiger partial charge in [0.25, 0.3) is 5.91 Å². The largest absolute Gasteiger partial charge is 0.452 e. The van der Waals surface area contributed by atoms with Crippen LogP contribution in [0.15, 0.2) is 48.5 Å². The lowest BCUT2D eigenvalue weighted by Crippen LogP contribution is -2.21. The fourth-order valence-electron chi connectivity index (χ4n) is 2.50. The van der Waals surface area contributed by atoms with Gasteiger partial charge in [0, 0.05) is 25.5 Å². The fourth-order valence-corrected chi connectivity index (χ4v) is 2.50. The maximum absolute atomic E-state index is 12.0.